The average molecular weight is 229 g/mol. The average Bonchev–Trinajstić information content (AvgIpc) is 2.32. The zero-order valence-electron chi connectivity index (χ0n) is 10.2. The molecule has 1 aromatic heterocycles. The highest BCUT2D eigenvalue weighted by Gasteiger charge is 2.11. The highest BCUT2D eigenvalue weighted by molar-refractivity contribution is 5.77. The normalized spacial score (nSPS) is 10.3. The van der Waals surface area contributed by atoms with Crippen LogP contribution in [0.4, 0.5) is 5.69 Å². The number of benzene rings is 1. The molecule has 0 unspecified atom stereocenters. The number of ether oxygens (including phenoxy) is 1. The molecule has 17 heavy (non-hydrogen) atoms. The van der Waals surface area contributed by atoms with E-state index in [-0.39, 0.29) is 0 Å². The summed E-state index contributed by atoms with van der Waals surface area (Å²) in [6.45, 7) is 3.86. The van der Waals surface area contributed by atoms with Crippen LogP contribution in [-0.4, -0.2) is 17.1 Å². The van der Waals surface area contributed by atoms with E-state index in [0.29, 0.717) is 11.5 Å². The predicted octanol–water partition coefficient (Wildman–Crippen LogP) is 2.35. The minimum Gasteiger partial charge on any atom is -0.496 e. The third kappa shape index (κ3) is 2.20. The molecule has 1 aromatic carbocycles. The fraction of sp³-hybridized carbons (Fsp3) is 0.231. The first-order valence-corrected chi connectivity index (χ1v) is 5.36. The van der Waals surface area contributed by atoms with E-state index in [0.717, 1.165) is 22.6 Å². The van der Waals surface area contributed by atoms with Crippen molar-refractivity contribution in [3.05, 3.63) is 35.8 Å². The van der Waals surface area contributed by atoms with Crippen LogP contribution >= 0.6 is 0 Å². The van der Waals surface area contributed by atoms with Crippen molar-refractivity contribution in [2.24, 2.45) is 0 Å². The van der Waals surface area contributed by atoms with Crippen LogP contribution in [0, 0.1) is 13.8 Å². The molecule has 4 nitrogen and oxygen atoms in total. The summed E-state index contributed by atoms with van der Waals surface area (Å²) in [4.78, 5) is 8.44. The van der Waals surface area contributed by atoms with Crippen molar-refractivity contribution >= 4 is 5.69 Å². The van der Waals surface area contributed by atoms with E-state index < -0.39 is 0 Å². The summed E-state index contributed by atoms with van der Waals surface area (Å²) >= 11 is 0. The highest BCUT2D eigenvalue weighted by atomic mass is 16.5. The first-order valence-electron chi connectivity index (χ1n) is 5.36. The molecule has 0 radical (unpaired) electrons. The number of nitrogen functional groups attached to an aromatic ring is 1. The molecule has 2 aromatic rings. The molecule has 2 rings (SSSR count). The molecule has 0 aliphatic heterocycles. The van der Waals surface area contributed by atoms with E-state index in [1.165, 1.54) is 0 Å². The number of anilines is 1. The maximum Gasteiger partial charge on any atom is 0.128 e. The van der Waals surface area contributed by atoms with Gasteiger partial charge in [-0.15, -0.1) is 0 Å². The molecular formula is C13H15N3O. The van der Waals surface area contributed by atoms with E-state index in [1.54, 1.807) is 13.3 Å². The number of aromatic nitrogens is 2. The van der Waals surface area contributed by atoms with Gasteiger partial charge in [0, 0.05) is 5.56 Å². The van der Waals surface area contributed by atoms with Crippen LogP contribution in [0.15, 0.2) is 24.4 Å². The molecular weight excluding hydrogens is 214 g/mol. The monoisotopic (exact) mass is 229 g/mol. The second-order valence-corrected chi connectivity index (χ2v) is 3.92. The molecule has 0 saturated heterocycles. The van der Waals surface area contributed by atoms with E-state index in [1.807, 2.05) is 32.0 Å². The summed E-state index contributed by atoms with van der Waals surface area (Å²) in [5.41, 5.74) is 9.22. The van der Waals surface area contributed by atoms with Crippen molar-refractivity contribution in [2.45, 2.75) is 13.8 Å². The van der Waals surface area contributed by atoms with Crippen LogP contribution < -0.4 is 10.5 Å². The number of hydrogen-bond donors (Lipinski definition) is 1. The fourth-order valence-electron chi connectivity index (χ4n) is 1.70. The van der Waals surface area contributed by atoms with Crippen molar-refractivity contribution in [2.75, 3.05) is 12.8 Å². The Labute approximate surface area is 100 Å². The first-order chi connectivity index (χ1) is 8.11. The van der Waals surface area contributed by atoms with Crippen LogP contribution in [0.5, 0.6) is 5.75 Å². The van der Waals surface area contributed by atoms with Gasteiger partial charge in [0.25, 0.3) is 0 Å². The zero-order valence-corrected chi connectivity index (χ0v) is 10.2. The Morgan fingerprint density at radius 1 is 1.24 bits per heavy atom. The summed E-state index contributed by atoms with van der Waals surface area (Å²) in [7, 11) is 1.64. The molecule has 0 spiro atoms. The molecule has 0 bridgehead atoms. The number of nitrogens with zero attached hydrogens (tertiary/aromatic N) is 2. The van der Waals surface area contributed by atoms with Gasteiger partial charge in [0.1, 0.15) is 17.3 Å². The topological polar surface area (TPSA) is 61.0 Å². The lowest BCUT2D eigenvalue weighted by Gasteiger charge is -2.11. The molecule has 0 aliphatic carbocycles. The minimum absolute atomic E-state index is 0.555. The minimum atomic E-state index is 0.555. The smallest absolute Gasteiger partial charge is 0.128 e. The Bertz CT molecular complexity index is 552. The zero-order chi connectivity index (χ0) is 12.4. The standard InChI is InChI=1S/C13H15N3O/c1-8-4-5-12(17-3)10(6-8)13-11(14)7-15-9(2)16-13/h4-7H,14H2,1-3H3. The molecule has 0 amide bonds. The van der Waals surface area contributed by atoms with Crippen molar-refractivity contribution in [1.82, 2.24) is 9.97 Å². The van der Waals surface area contributed by atoms with Crippen LogP contribution in [0.1, 0.15) is 11.4 Å². The summed E-state index contributed by atoms with van der Waals surface area (Å²) in [6.07, 6.45) is 1.62. The van der Waals surface area contributed by atoms with Gasteiger partial charge in [-0.2, -0.15) is 0 Å². The summed E-state index contributed by atoms with van der Waals surface area (Å²) in [5.74, 6) is 1.46. The number of methoxy groups -OCH3 is 1. The number of rotatable bonds is 2. The summed E-state index contributed by atoms with van der Waals surface area (Å²) in [6, 6.07) is 5.92. The van der Waals surface area contributed by atoms with Gasteiger partial charge in [0.15, 0.2) is 0 Å². The van der Waals surface area contributed by atoms with Crippen molar-refractivity contribution < 1.29 is 4.74 Å². The lowest BCUT2D eigenvalue weighted by Crippen LogP contribution is -1.99. The van der Waals surface area contributed by atoms with Crippen molar-refractivity contribution in [3.8, 4) is 17.0 Å². The second kappa shape index (κ2) is 4.41. The maximum absolute atomic E-state index is 5.91. The Hall–Kier alpha value is -2.10. The molecule has 0 aliphatic rings. The molecule has 88 valence electrons. The lowest BCUT2D eigenvalue weighted by molar-refractivity contribution is 0.416. The molecule has 0 fully saturated rings. The van der Waals surface area contributed by atoms with Gasteiger partial charge >= 0.3 is 0 Å². The van der Waals surface area contributed by atoms with Crippen LogP contribution in [-0.2, 0) is 0 Å². The van der Waals surface area contributed by atoms with Gasteiger partial charge in [-0.1, -0.05) is 11.6 Å². The highest BCUT2D eigenvalue weighted by Crippen LogP contribution is 2.32. The Kier molecular flexibility index (Phi) is 2.95. The maximum atomic E-state index is 5.91. The third-order valence-corrected chi connectivity index (χ3v) is 2.55. The third-order valence-electron chi connectivity index (χ3n) is 2.55. The fourth-order valence-corrected chi connectivity index (χ4v) is 1.70. The van der Waals surface area contributed by atoms with E-state index in [4.69, 9.17) is 10.5 Å². The van der Waals surface area contributed by atoms with Gasteiger partial charge in [0.2, 0.25) is 0 Å². The number of hydrogen-bond acceptors (Lipinski definition) is 4. The van der Waals surface area contributed by atoms with Crippen LogP contribution in [0.3, 0.4) is 0 Å². The quantitative estimate of drug-likeness (QED) is 0.858. The molecule has 2 N–H and O–H groups in total. The van der Waals surface area contributed by atoms with Crippen LogP contribution in [0.2, 0.25) is 0 Å². The van der Waals surface area contributed by atoms with Gasteiger partial charge in [-0.05, 0) is 26.0 Å². The Balaban J connectivity index is 2.66. The SMILES string of the molecule is COc1ccc(C)cc1-c1nc(C)ncc1N. The molecule has 4 heteroatoms. The Morgan fingerprint density at radius 3 is 2.71 bits per heavy atom. The van der Waals surface area contributed by atoms with Crippen LogP contribution in [0.25, 0.3) is 11.3 Å². The van der Waals surface area contributed by atoms with Crippen molar-refractivity contribution in [1.29, 1.82) is 0 Å². The first kappa shape index (κ1) is 11.4. The van der Waals surface area contributed by atoms with Gasteiger partial charge < -0.3 is 10.5 Å². The van der Waals surface area contributed by atoms with Gasteiger partial charge in [-0.3, -0.25) is 0 Å². The summed E-state index contributed by atoms with van der Waals surface area (Å²) in [5, 5.41) is 0. The van der Waals surface area contributed by atoms with Gasteiger partial charge in [-0.25, -0.2) is 9.97 Å². The summed E-state index contributed by atoms with van der Waals surface area (Å²) < 4.78 is 5.33. The molecule has 1 heterocycles. The van der Waals surface area contributed by atoms with Crippen molar-refractivity contribution in [3.63, 3.8) is 0 Å². The second-order valence-electron chi connectivity index (χ2n) is 3.92. The van der Waals surface area contributed by atoms with E-state index >= 15 is 0 Å². The molecule has 0 saturated carbocycles. The lowest BCUT2D eigenvalue weighted by atomic mass is 10.1. The number of nitrogens with two attached hydrogens (primary N) is 1. The van der Waals surface area contributed by atoms with E-state index in [2.05, 4.69) is 9.97 Å². The predicted molar refractivity (Wildman–Crippen MR) is 67.9 cm³/mol. The Morgan fingerprint density at radius 2 is 2.00 bits per heavy atom. The van der Waals surface area contributed by atoms with Gasteiger partial charge in [0.05, 0.1) is 19.0 Å². The largest absolute Gasteiger partial charge is 0.496 e. The molecule has 0 atom stereocenters. The van der Waals surface area contributed by atoms with E-state index in [9.17, 15) is 0 Å². The number of aryl methyl sites for hydroxylation is 2.